The lowest BCUT2D eigenvalue weighted by atomic mass is 9.38. The molecule has 4 heterocycles. The van der Waals surface area contributed by atoms with Gasteiger partial charge in [-0.2, -0.15) is 0 Å². The number of hydrogen-bond acceptors (Lipinski definition) is 21. The molecule has 0 bridgehead atoms. The van der Waals surface area contributed by atoms with Crippen molar-refractivity contribution in [2.24, 2.45) is 51.2 Å². The number of carbonyl (C=O) groups is 1. The highest BCUT2D eigenvalue weighted by molar-refractivity contribution is 5.79. The summed E-state index contributed by atoms with van der Waals surface area (Å²) < 4.78 is 48.8. The molecule has 4 saturated carbocycles. The van der Waals surface area contributed by atoms with Crippen molar-refractivity contribution in [3.63, 3.8) is 0 Å². The third-order valence-corrected chi connectivity index (χ3v) is 19.9. The number of fused-ring (bicyclic) bond motifs is 7. The van der Waals surface area contributed by atoms with Crippen LogP contribution in [0.5, 0.6) is 0 Å². The van der Waals surface area contributed by atoms with Gasteiger partial charge in [0.05, 0.1) is 37.4 Å². The Morgan fingerprint density at radius 2 is 1.22 bits per heavy atom. The zero-order valence-electron chi connectivity index (χ0n) is 42.2. The van der Waals surface area contributed by atoms with Gasteiger partial charge in [0.15, 0.2) is 18.9 Å². The number of hydrogen-bond donors (Lipinski definition) is 12. The number of ether oxygens (including phenoxy) is 8. The van der Waals surface area contributed by atoms with Crippen LogP contribution in [-0.2, 0) is 42.7 Å². The minimum atomic E-state index is -1.83. The van der Waals surface area contributed by atoms with Gasteiger partial charge in [-0.1, -0.05) is 59.1 Å². The van der Waals surface area contributed by atoms with E-state index in [0.717, 1.165) is 44.9 Å². The van der Waals surface area contributed by atoms with Crippen LogP contribution >= 0.6 is 0 Å². The largest absolute Gasteiger partial charge is 0.432 e. The van der Waals surface area contributed by atoms with E-state index in [1.54, 1.807) is 0 Å². The number of aliphatic hydroxyl groups is 12. The monoisotopic (exact) mass is 1030 g/mol. The van der Waals surface area contributed by atoms with E-state index >= 15 is 0 Å². The van der Waals surface area contributed by atoms with E-state index in [2.05, 4.69) is 40.7 Å². The molecule has 4 saturated heterocycles. The van der Waals surface area contributed by atoms with Crippen molar-refractivity contribution in [1.29, 1.82) is 0 Å². The molecule has 12 N–H and O–H groups in total. The molecule has 8 fully saturated rings. The number of allylic oxidation sites excluding steroid dienone is 2. The molecular formula is C51H82O21. The molecule has 9 rings (SSSR count). The fourth-order valence-corrected chi connectivity index (χ4v) is 15.8. The maximum Gasteiger partial charge on any atom is 0.315 e. The Labute approximate surface area is 420 Å². The van der Waals surface area contributed by atoms with Crippen LogP contribution in [0.2, 0.25) is 0 Å². The molecule has 72 heavy (non-hydrogen) atoms. The van der Waals surface area contributed by atoms with Crippen LogP contribution in [0.1, 0.15) is 106 Å². The quantitative estimate of drug-likeness (QED) is 0.0698. The fourth-order valence-electron chi connectivity index (χ4n) is 15.8. The van der Waals surface area contributed by atoms with Crippen LogP contribution in [0.25, 0.3) is 0 Å². The van der Waals surface area contributed by atoms with Gasteiger partial charge in [0.1, 0.15) is 85.5 Å². The third kappa shape index (κ3) is 9.05. The predicted molar refractivity (Wildman–Crippen MR) is 246 cm³/mol. The van der Waals surface area contributed by atoms with Crippen LogP contribution in [0.4, 0.5) is 0 Å². The summed E-state index contributed by atoms with van der Waals surface area (Å²) in [6, 6.07) is 0. The Morgan fingerprint density at radius 1 is 0.625 bits per heavy atom. The molecule has 0 aromatic rings. The maximum absolute atomic E-state index is 14.6. The Hall–Kier alpha value is -1.55. The summed E-state index contributed by atoms with van der Waals surface area (Å²) in [6.07, 6.45) is -19.4. The van der Waals surface area contributed by atoms with Crippen LogP contribution in [-0.4, -0.2) is 210 Å². The molecule has 412 valence electrons. The standard InChI is InChI=1S/C51H82O21/c1-21-8-7-14-51(47(64)72-45-40(63)37(60)34(57)28(19-53)68-45)17-16-49(5)23-11-12-29-48(3,4)30(13-15-50(29,6)24(23)9-10-25(49)31(21)51)69-46-42(71-43-38(61)35(58)32(55)22(2)66-43)41(26(54)20-65-46)70-44-39(62)36(59)33(56)27(18-52)67-44/h10,21-24,26-46,52-63H,7-9,11-20H2,1-6H3. The summed E-state index contributed by atoms with van der Waals surface area (Å²) >= 11 is 0. The molecule has 21 heteroatoms. The first-order chi connectivity index (χ1) is 33.9. The Kier molecular flexibility index (Phi) is 15.9. The number of aliphatic hydroxyl groups excluding tert-OH is 12. The van der Waals surface area contributed by atoms with Crippen molar-refractivity contribution in [3.8, 4) is 0 Å². The zero-order chi connectivity index (χ0) is 52.1. The van der Waals surface area contributed by atoms with E-state index in [1.807, 2.05) is 0 Å². The molecule has 4 aliphatic heterocycles. The van der Waals surface area contributed by atoms with Crippen molar-refractivity contribution in [2.75, 3.05) is 19.8 Å². The van der Waals surface area contributed by atoms with E-state index in [1.165, 1.54) is 12.5 Å². The van der Waals surface area contributed by atoms with Gasteiger partial charge >= 0.3 is 5.97 Å². The van der Waals surface area contributed by atoms with Gasteiger partial charge in [-0.15, -0.1) is 0 Å². The summed E-state index contributed by atoms with van der Waals surface area (Å²) in [7, 11) is 0. The molecule has 0 spiro atoms. The first kappa shape index (κ1) is 55.2. The van der Waals surface area contributed by atoms with Crippen molar-refractivity contribution >= 4 is 5.97 Å². The van der Waals surface area contributed by atoms with E-state index < -0.39 is 153 Å². The average molecular weight is 1030 g/mol. The van der Waals surface area contributed by atoms with E-state index in [-0.39, 0.29) is 35.2 Å². The van der Waals surface area contributed by atoms with Gasteiger partial charge in [-0.3, -0.25) is 4.79 Å². The van der Waals surface area contributed by atoms with Crippen LogP contribution in [0.15, 0.2) is 11.6 Å². The minimum absolute atomic E-state index is 0.121. The average Bonchev–Trinajstić information content (AvgIpc) is 3.35. The van der Waals surface area contributed by atoms with Crippen LogP contribution in [0.3, 0.4) is 0 Å². The Bertz CT molecular complexity index is 1940. The highest BCUT2D eigenvalue weighted by atomic mass is 16.8. The minimum Gasteiger partial charge on any atom is -0.432 e. The second kappa shape index (κ2) is 20.7. The zero-order valence-corrected chi connectivity index (χ0v) is 42.2. The van der Waals surface area contributed by atoms with Crippen molar-refractivity contribution in [3.05, 3.63) is 11.6 Å². The summed E-state index contributed by atoms with van der Waals surface area (Å²) in [5.41, 5.74) is -0.442. The molecule has 28 atom stereocenters. The maximum atomic E-state index is 14.6. The topological polar surface area (TPSA) is 334 Å². The van der Waals surface area contributed by atoms with Crippen molar-refractivity contribution in [1.82, 2.24) is 0 Å². The smallest absolute Gasteiger partial charge is 0.315 e. The van der Waals surface area contributed by atoms with Gasteiger partial charge in [-0.05, 0) is 104 Å². The molecule has 0 aromatic carbocycles. The van der Waals surface area contributed by atoms with Crippen LogP contribution in [0, 0.1) is 51.2 Å². The van der Waals surface area contributed by atoms with E-state index in [0.29, 0.717) is 31.1 Å². The normalized spacial score (nSPS) is 54.5. The lowest BCUT2D eigenvalue weighted by molar-refractivity contribution is -0.388. The predicted octanol–water partition coefficient (Wildman–Crippen LogP) is -1.15. The summed E-state index contributed by atoms with van der Waals surface area (Å²) in [6.45, 7) is 11.1. The van der Waals surface area contributed by atoms with Gasteiger partial charge in [0.25, 0.3) is 0 Å². The molecule has 0 aromatic heterocycles. The number of esters is 1. The summed E-state index contributed by atoms with van der Waals surface area (Å²) in [5.74, 6) is 0.300. The van der Waals surface area contributed by atoms with Crippen molar-refractivity contribution in [2.45, 2.75) is 229 Å². The highest BCUT2D eigenvalue weighted by Crippen LogP contribution is 2.72. The van der Waals surface area contributed by atoms with Crippen LogP contribution < -0.4 is 0 Å². The molecular weight excluding hydrogens is 949 g/mol. The van der Waals surface area contributed by atoms with Gasteiger partial charge in [-0.25, -0.2) is 0 Å². The van der Waals surface area contributed by atoms with E-state index in [9.17, 15) is 66.1 Å². The van der Waals surface area contributed by atoms with Gasteiger partial charge in [0, 0.05) is 0 Å². The molecule has 28 unspecified atom stereocenters. The lowest BCUT2D eigenvalue weighted by Gasteiger charge is -2.67. The first-order valence-corrected chi connectivity index (χ1v) is 26.4. The molecule has 21 nitrogen and oxygen atoms in total. The van der Waals surface area contributed by atoms with Gasteiger partial charge < -0.3 is 99.2 Å². The van der Waals surface area contributed by atoms with E-state index in [4.69, 9.17) is 37.9 Å². The molecule has 0 radical (unpaired) electrons. The Balaban J connectivity index is 0.952. The summed E-state index contributed by atoms with van der Waals surface area (Å²) in [4.78, 5) is 14.6. The Morgan fingerprint density at radius 3 is 1.88 bits per heavy atom. The molecule has 0 amide bonds. The second-order valence-electron chi connectivity index (χ2n) is 24.1. The second-order valence-corrected chi connectivity index (χ2v) is 24.1. The molecule has 5 aliphatic carbocycles. The number of carbonyl (C=O) groups excluding carboxylic acids is 1. The molecule has 9 aliphatic rings. The lowest BCUT2D eigenvalue weighted by Crippen LogP contribution is -2.66. The van der Waals surface area contributed by atoms with Crippen molar-refractivity contribution < 1.29 is 104 Å². The highest BCUT2D eigenvalue weighted by Gasteiger charge is 2.67. The first-order valence-electron chi connectivity index (χ1n) is 26.4. The van der Waals surface area contributed by atoms with Gasteiger partial charge in [0.2, 0.25) is 6.29 Å². The SMILES string of the molecule is CC1CCCC2(C(=O)OC3OC(CO)C(O)C(O)C3O)CCC3(C)C(=CCC4C3CCC3C(C)(C)C(OC5OCC(O)C(OC6OC(CO)C(O)C(O)C6O)C5OC5OC(C)C(O)C(O)C5O)CCC43C)C12. The fraction of sp³-hybridized carbons (Fsp3) is 0.941. The number of rotatable bonds is 10. The third-order valence-electron chi connectivity index (χ3n) is 19.9. The summed E-state index contributed by atoms with van der Waals surface area (Å²) in [5, 5.41) is 127.